The number of piperidine rings is 1. The van der Waals surface area contributed by atoms with Gasteiger partial charge in [-0.25, -0.2) is 0 Å². The van der Waals surface area contributed by atoms with Crippen molar-refractivity contribution < 1.29 is 14.3 Å². The highest BCUT2D eigenvalue weighted by Crippen LogP contribution is 2.36. The highest BCUT2D eigenvalue weighted by molar-refractivity contribution is 5.78. The molecule has 2 aliphatic rings. The lowest BCUT2D eigenvalue weighted by Crippen LogP contribution is -2.47. The third kappa shape index (κ3) is 3.24. The Bertz CT molecular complexity index is 484. The molecule has 0 bridgehead atoms. The minimum absolute atomic E-state index is 0.0670. The van der Waals surface area contributed by atoms with E-state index in [9.17, 15) is 4.79 Å². The Morgan fingerprint density at radius 1 is 1.48 bits per heavy atom. The number of nitrogens with zero attached hydrogens (tertiary/aromatic N) is 2. The maximum absolute atomic E-state index is 12.3. The molecule has 0 radical (unpaired) electrons. The average molecular weight is 290 g/mol. The number of carbonyl (C=O) groups is 1. The van der Waals surface area contributed by atoms with Crippen LogP contribution in [-0.2, 0) is 20.7 Å². The number of ether oxygens (including phenoxy) is 2. The number of aromatic nitrogens is 1. The van der Waals surface area contributed by atoms with Gasteiger partial charge < -0.3 is 14.4 Å². The van der Waals surface area contributed by atoms with E-state index >= 15 is 0 Å². The highest BCUT2D eigenvalue weighted by Gasteiger charge is 2.43. The van der Waals surface area contributed by atoms with Crippen LogP contribution in [0.1, 0.15) is 25.0 Å². The summed E-state index contributed by atoms with van der Waals surface area (Å²) in [7, 11) is 1.73. The van der Waals surface area contributed by atoms with Crippen molar-refractivity contribution in [3.63, 3.8) is 0 Å². The van der Waals surface area contributed by atoms with Crippen LogP contribution in [-0.4, -0.2) is 54.3 Å². The van der Waals surface area contributed by atoms with Crippen molar-refractivity contribution in [1.29, 1.82) is 0 Å². The maximum atomic E-state index is 12.3. The molecule has 3 rings (SSSR count). The van der Waals surface area contributed by atoms with Gasteiger partial charge in [0.2, 0.25) is 5.91 Å². The first kappa shape index (κ1) is 14.5. The number of carbonyl (C=O) groups excluding carboxylic acids is 1. The monoisotopic (exact) mass is 290 g/mol. The van der Waals surface area contributed by atoms with Gasteiger partial charge in [0.25, 0.3) is 0 Å². The molecule has 3 heterocycles. The van der Waals surface area contributed by atoms with Crippen molar-refractivity contribution in [2.75, 3.05) is 26.8 Å². The zero-order valence-electron chi connectivity index (χ0n) is 12.5. The van der Waals surface area contributed by atoms with E-state index in [-0.39, 0.29) is 17.6 Å². The molecule has 5 nitrogen and oxygen atoms in total. The van der Waals surface area contributed by atoms with Crippen molar-refractivity contribution >= 4 is 5.91 Å². The van der Waals surface area contributed by atoms with Gasteiger partial charge in [0.05, 0.1) is 24.7 Å². The van der Waals surface area contributed by atoms with Crippen LogP contribution in [0, 0.1) is 0 Å². The van der Waals surface area contributed by atoms with Crippen LogP contribution in [0.2, 0.25) is 0 Å². The van der Waals surface area contributed by atoms with Gasteiger partial charge in [-0.15, -0.1) is 0 Å². The van der Waals surface area contributed by atoms with Crippen LogP contribution < -0.4 is 0 Å². The van der Waals surface area contributed by atoms with E-state index in [4.69, 9.17) is 9.47 Å². The first-order chi connectivity index (χ1) is 10.2. The van der Waals surface area contributed by atoms with E-state index in [0.717, 1.165) is 38.0 Å². The summed E-state index contributed by atoms with van der Waals surface area (Å²) in [6, 6.07) is 5.67. The average Bonchev–Trinajstić information content (AvgIpc) is 2.92. The van der Waals surface area contributed by atoms with Gasteiger partial charge in [-0.3, -0.25) is 9.78 Å². The normalized spacial score (nSPS) is 24.4. The Morgan fingerprint density at radius 3 is 2.90 bits per heavy atom. The van der Waals surface area contributed by atoms with Crippen molar-refractivity contribution in [3.8, 4) is 0 Å². The fraction of sp³-hybridized carbons (Fsp3) is 0.625. The van der Waals surface area contributed by atoms with Gasteiger partial charge in [0.1, 0.15) is 0 Å². The van der Waals surface area contributed by atoms with Crippen LogP contribution in [0.15, 0.2) is 24.4 Å². The van der Waals surface area contributed by atoms with Gasteiger partial charge >= 0.3 is 0 Å². The molecule has 0 aromatic carbocycles. The Kier molecular flexibility index (Phi) is 4.22. The molecule has 0 N–H and O–H groups in total. The third-order valence-corrected chi connectivity index (χ3v) is 4.59. The lowest BCUT2D eigenvalue weighted by Gasteiger charge is -2.38. The van der Waals surface area contributed by atoms with Crippen LogP contribution in [0.3, 0.4) is 0 Å². The molecule has 21 heavy (non-hydrogen) atoms. The van der Waals surface area contributed by atoms with Gasteiger partial charge in [-0.2, -0.15) is 0 Å². The summed E-state index contributed by atoms with van der Waals surface area (Å²) in [5.41, 5.74) is 0.766. The molecule has 1 spiro atoms. The first-order valence-electron chi connectivity index (χ1n) is 7.55. The van der Waals surface area contributed by atoms with Crippen LogP contribution >= 0.6 is 0 Å². The van der Waals surface area contributed by atoms with Crippen LogP contribution in [0.4, 0.5) is 0 Å². The number of methoxy groups -OCH3 is 1. The van der Waals surface area contributed by atoms with Crippen molar-refractivity contribution in [3.05, 3.63) is 30.1 Å². The smallest absolute Gasteiger partial charge is 0.228 e. The lowest BCUT2D eigenvalue weighted by atomic mass is 9.88. The molecule has 0 aliphatic carbocycles. The molecular weight excluding hydrogens is 268 g/mol. The third-order valence-electron chi connectivity index (χ3n) is 4.59. The lowest BCUT2D eigenvalue weighted by molar-refractivity contribution is -0.135. The topological polar surface area (TPSA) is 51.7 Å². The Labute approximate surface area is 125 Å². The summed E-state index contributed by atoms with van der Waals surface area (Å²) >= 11 is 0. The van der Waals surface area contributed by atoms with Gasteiger partial charge in [-0.05, 0) is 25.0 Å². The zero-order valence-corrected chi connectivity index (χ0v) is 12.5. The summed E-state index contributed by atoms with van der Waals surface area (Å²) in [4.78, 5) is 18.5. The second-order valence-corrected chi connectivity index (χ2v) is 5.93. The summed E-state index contributed by atoms with van der Waals surface area (Å²) in [6.07, 6.45) is 5.08. The molecule has 0 saturated carbocycles. The largest absolute Gasteiger partial charge is 0.379 e. The summed E-state index contributed by atoms with van der Waals surface area (Å²) in [5, 5.41) is 0. The highest BCUT2D eigenvalue weighted by atomic mass is 16.6. The quantitative estimate of drug-likeness (QED) is 0.845. The molecule has 114 valence electrons. The molecule has 0 unspecified atom stereocenters. The Morgan fingerprint density at radius 2 is 2.29 bits per heavy atom. The molecule has 2 fully saturated rings. The molecule has 1 amide bonds. The second-order valence-electron chi connectivity index (χ2n) is 5.93. The minimum Gasteiger partial charge on any atom is -0.379 e. The fourth-order valence-corrected chi connectivity index (χ4v) is 3.24. The fourth-order valence-electron chi connectivity index (χ4n) is 3.24. The van der Waals surface area contributed by atoms with Gasteiger partial charge in [0, 0.05) is 38.5 Å². The molecule has 2 aliphatic heterocycles. The van der Waals surface area contributed by atoms with E-state index in [0.29, 0.717) is 13.0 Å². The zero-order chi connectivity index (χ0) is 14.7. The number of hydrogen-bond donors (Lipinski definition) is 0. The van der Waals surface area contributed by atoms with Gasteiger partial charge in [0.15, 0.2) is 0 Å². The second kappa shape index (κ2) is 6.12. The van der Waals surface area contributed by atoms with E-state index in [1.165, 1.54) is 0 Å². The number of hydrogen-bond acceptors (Lipinski definition) is 4. The Balaban J connectivity index is 1.53. The first-order valence-corrected chi connectivity index (χ1v) is 7.55. The minimum atomic E-state index is -0.0670. The van der Waals surface area contributed by atoms with E-state index in [1.807, 2.05) is 23.1 Å². The Hall–Kier alpha value is -1.46. The number of rotatable bonds is 3. The van der Waals surface area contributed by atoms with Crippen molar-refractivity contribution in [2.45, 2.75) is 37.4 Å². The molecule has 1 aromatic rings. The van der Waals surface area contributed by atoms with Crippen molar-refractivity contribution in [1.82, 2.24) is 9.88 Å². The SMILES string of the molecule is CO[C@@H]1COC2(CCN(C(=O)Cc3ccccn3)CC2)C1. The molecule has 2 saturated heterocycles. The van der Waals surface area contributed by atoms with Crippen molar-refractivity contribution in [2.24, 2.45) is 0 Å². The number of amides is 1. The van der Waals surface area contributed by atoms with Crippen LogP contribution in [0.25, 0.3) is 0 Å². The molecule has 1 aromatic heterocycles. The van der Waals surface area contributed by atoms with Gasteiger partial charge in [-0.1, -0.05) is 6.07 Å². The van der Waals surface area contributed by atoms with E-state index in [2.05, 4.69) is 4.98 Å². The predicted molar refractivity (Wildman–Crippen MR) is 77.9 cm³/mol. The molecular formula is C16H22N2O3. The molecule has 5 heteroatoms. The van der Waals surface area contributed by atoms with E-state index < -0.39 is 0 Å². The summed E-state index contributed by atoms with van der Waals surface area (Å²) in [6.45, 7) is 2.21. The van der Waals surface area contributed by atoms with E-state index in [1.54, 1.807) is 13.3 Å². The van der Waals surface area contributed by atoms with Crippen LogP contribution in [0.5, 0.6) is 0 Å². The maximum Gasteiger partial charge on any atom is 0.228 e. The summed E-state index contributed by atoms with van der Waals surface area (Å²) in [5.74, 6) is 0.157. The standard InChI is InChI=1S/C16H22N2O3/c1-20-14-11-16(21-12-14)5-8-18(9-6-16)15(19)10-13-4-2-3-7-17-13/h2-4,7,14H,5-6,8-12H2,1H3/t14-/m0/s1. The number of pyridine rings is 1. The number of likely N-dealkylation sites (tertiary alicyclic amines) is 1. The molecule has 1 atom stereocenters. The summed E-state index contributed by atoms with van der Waals surface area (Å²) < 4.78 is 11.3. The predicted octanol–water partition coefficient (Wildman–Crippen LogP) is 1.42.